The van der Waals surface area contributed by atoms with Crippen molar-refractivity contribution in [2.24, 2.45) is 0 Å². The molecule has 0 unspecified atom stereocenters. The van der Waals surface area contributed by atoms with E-state index in [2.05, 4.69) is 27.6 Å². The van der Waals surface area contributed by atoms with Crippen LogP contribution < -0.4 is 0 Å². The van der Waals surface area contributed by atoms with Gasteiger partial charge in [0.05, 0.1) is 5.56 Å². The van der Waals surface area contributed by atoms with Gasteiger partial charge in [0.2, 0.25) is 0 Å². The zero-order chi connectivity index (χ0) is 16.7. The zero-order valence-electron chi connectivity index (χ0n) is 12.8. The molecule has 23 heavy (non-hydrogen) atoms. The maximum absolute atomic E-state index is 13.5. The Labute approximate surface area is 148 Å². The Balaban J connectivity index is 2.21. The molecule has 1 aromatic heterocycles. The van der Waals surface area contributed by atoms with E-state index in [0.717, 1.165) is 15.6 Å². The van der Waals surface area contributed by atoms with Gasteiger partial charge < -0.3 is 9.64 Å². The van der Waals surface area contributed by atoms with E-state index in [1.807, 2.05) is 12.1 Å². The minimum absolute atomic E-state index is 0.179. The highest BCUT2D eigenvalue weighted by Gasteiger charge is 2.19. The first kappa shape index (κ1) is 17.8. The molecular formula is C17H18FIN2O2. The SMILES string of the molecule is COCCCN(Cc1ccncc1)C(=O)c1cc(F)ccc1I. The van der Waals surface area contributed by atoms with Gasteiger partial charge in [0, 0.05) is 42.8 Å². The number of nitrogens with zero attached hydrogens (tertiary/aromatic N) is 2. The number of carbonyl (C=O) groups is 1. The number of amides is 1. The highest BCUT2D eigenvalue weighted by atomic mass is 127. The van der Waals surface area contributed by atoms with E-state index < -0.39 is 5.82 Å². The van der Waals surface area contributed by atoms with Crippen LogP contribution in [0.2, 0.25) is 0 Å². The summed E-state index contributed by atoms with van der Waals surface area (Å²) >= 11 is 2.05. The molecule has 0 saturated heterocycles. The van der Waals surface area contributed by atoms with Gasteiger partial charge in [-0.3, -0.25) is 9.78 Å². The third-order valence-corrected chi connectivity index (χ3v) is 4.29. The lowest BCUT2D eigenvalue weighted by Crippen LogP contribution is -2.32. The van der Waals surface area contributed by atoms with Gasteiger partial charge in [0.15, 0.2) is 0 Å². The number of benzene rings is 1. The minimum atomic E-state index is -0.408. The summed E-state index contributed by atoms with van der Waals surface area (Å²) in [7, 11) is 1.63. The minimum Gasteiger partial charge on any atom is -0.385 e. The highest BCUT2D eigenvalue weighted by molar-refractivity contribution is 14.1. The topological polar surface area (TPSA) is 42.4 Å². The Morgan fingerprint density at radius 3 is 2.74 bits per heavy atom. The molecule has 0 spiro atoms. The Bertz CT molecular complexity index is 652. The number of pyridine rings is 1. The van der Waals surface area contributed by atoms with Gasteiger partial charge >= 0.3 is 0 Å². The Kier molecular flexibility index (Phi) is 6.91. The first-order valence-corrected chi connectivity index (χ1v) is 8.32. The van der Waals surface area contributed by atoms with Gasteiger partial charge in [-0.25, -0.2) is 4.39 Å². The van der Waals surface area contributed by atoms with E-state index in [9.17, 15) is 9.18 Å². The molecule has 0 aliphatic heterocycles. The number of rotatable bonds is 7. The van der Waals surface area contributed by atoms with Crippen LogP contribution in [0.5, 0.6) is 0 Å². The molecule has 4 nitrogen and oxygen atoms in total. The first-order chi connectivity index (χ1) is 11.1. The number of aromatic nitrogens is 1. The summed E-state index contributed by atoms with van der Waals surface area (Å²) in [6.45, 7) is 1.57. The van der Waals surface area contributed by atoms with E-state index in [-0.39, 0.29) is 5.91 Å². The smallest absolute Gasteiger partial charge is 0.255 e. The van der Waals surface area contributed by atoms with Crippen molar-refractivity contribution in [3.8, 4) is 0 Å². The molecule has 0 aliphatic carbocycles. The number of halogens is 2. The maximum Gasteiger partial charge on any atom is 0.255 e. The van der Waals surface area contributed by atoms with E-state index in [4.69, 9.17) is 4.74 Å². The van der Waals surface area contributed by atoms with Crippen molar-refractivity contribution in [3.05, 3.63) is 63.2 Å². The van der Waals surface area contributed by atoms with Crippen molar-refractivity contribution in [1.82, 2.24) is 9.88 Å². The fourth-order valence-corrected chi connectivity index (χ4v) is 2.76. The molecule has 0 aliphatic rings. The molecule has 2 aromatic rings. The van der Waals surface area contributed by atoms with Crippen molar-refractivity contribution >= 4 is 28.5 Å². The van der Waals surface area contributed by atoms with Gasteiger partial charge in [-0.15, -0.1) is 0 Å². The normalized spacial score (nSPS) is 10.6. The third kappa shape index (κ3) is 5.24. The number of carbonyl (C=O) groups excluding carboxylic acids is 1. The fourth-order valence-electron chi connectivity index (χ4n) is 2.19. The second-order valence-electron chi connectivity index (χ2n) is 5.05. The Hall–Kier alpha value is -1.54. The van der Waals surface area contributed by atoms with Crippen molar-refractivity contribution in [2.75, 3.05) is 20.3 Å². The van der Waals surface area contributed by atoms with Crippen molar-refractivity contribution in [1.29, 1.82) is 0 Å². The molecule has 0 saturated carbocycles. The fraction of sp³-hybridized carbons (Fsp3) is 0.294. The molecule has 0 fully saturated rings. The Morgan fingerprint density at radius 2 is 2.04 bits per heavy atom. The van der Waals surface area contributed by atoms with Crippen molar-refractivity contribution < 1.29 is 13.9 Å². The summed E-state index contributed by atoms with van der Waals surface area (Å²) in [5, 5.41) is 0. The maximum atomic E-state index is 13.5. The van der Waals surface area contributed by atoms with E-state index in [1.165, 1.54) is 12.1 Å². The molecular weight excluding hydrogens is 410 g/mol. The molecule has 6 heteroatoms. The van der Waals surface area contributed by atoms with Crippen LogP contribution in [-0.2, 0) is 11.3 Å². The van der Waals surface area contributed by atoms with Crippen LogP contribution >= 0.6 is 22.6 Å². The van der Waals surface area contributed by atoms with Gasteiger partial charge in [-0.2, -0.15) is 0 Å². The van der Waals surface area contributed by atoms with E-state index in [0.29, 0.717) is 25.3 Å². The second kappa shape index (κ2) is 8.93. The number of ether oxygens (including phenoxy) is 1. The molecule has 122 valence electrons. The zero-order valence-corrected chi connectivity index (χ0v) is 15.0. The first-order valence-electron chi connectivity index (χ1n) is 7.24. The van der Waals surface area contributed by atoms with Crippen LogP contribution in [0.15, 0.2) is 42.7 Å². The summed E-state index contributed by atoms with van der Waals surface area (Å²) in [5.74, 6) is -0.587. The molecule has 1 aromatic carbocycles. The summed E-state index contributed by atoms with van der Waals surface area (Å²) in [5.41, 5.74) is 1.37. The average molecular weight is 428 g/mol. The van der Waals surface area contributed by atoms with E-state index in [1.54, 1.807) is 30.5 Å². The summed E-state index contributed by atoms with van der Waals surface area (Å²) < 4.78 is 19.3. The number of hydrogen-bond acceptors (Lipinski definition) is 3. The predicted octanol–water partition coefficient (Wildman–Crippen LogP) is 3.50. The predicted molar refractivity (Wildman–Crippen MR) is 94.6 cm³/mol. The lowest BCUT2D eigenvalue weighted by atomic mass is 10.1. The number of hydrogen-bond donors (Lipinski definition) is 0. The average Bonchev–Trinajstić information content (AvgIpc) is 2.56. The third-order valence-electron chi connectivity index (χ3n) is 3.35. The van der Waals surface area contributed by atoms with Crippen molar-refractivity contribution in [3.63, 3.8) is 0 Å². The molecule has 1 heterocycles. The van der Waals surface area contributed by atoms with Gasteiger partial charge in [0.25, 0.3) is 5.91 Å². The summed E-state index contributed by atoms with van der Waals surface area (Å²) in [6.07, 6.45) is 4.11. The molecule has 0 atom stereocenters. The molecule has 1 amide bonds. The van der Waals surface area contributed by atoms with Crippen LogP contribution in [0.3, 0.4) is 0 Å². The van der Waals surface area contributed by atoms with Crippen LogP contribution in [-0.4, -0.2) is 36.1 Å². The van der Waals surface area contributed by atoms with Gasteiger partial charge in [-0.1, -0.05) is 0 Å². The molecule has 0 N–H and O–H groups in total. The van der Waals surface area contributed by atoms with Crippen LogP contribution in [0, 0.1) is 9.39 Å². The van der Waals surface area contributed by atoms with Crippen molar-refractivity contribution in [2.45, 2.75) is 13.0 Å². The summed E-state index contributed by atoms with van der Waals surface area (Å²) in [6, 6.07) is 8.00. The van der Waals surface area contributed by atoms with Crippen LogP contribution in [0.25, 0.3) is 0 Å². The lowest BCUT2D eigenvalue weighted by Gasteiger charge is -2.23. The molecule has 0 bridgehead atoms. The van der Waals surface area contributed by atoms with E-state index >= 15 is 0 Å². The summed E-state index contributed by atoms with van der Waals surface area (Å²) in [4.78, 5) is 18.5. The monoisotopic (exact) mass is 428 g/mol. The number of methoxy groups -OCH3 is 1. The highest BCUT2D eigenvalue weighted by Crippen LogP contribution is 2.18. The largest absolute Gasteiger partial charge is 0.385 e. The van der Waals surface area contributed by atoms with Crippen LogP contribution in [0.4, 0.5) is 4.39 Å². The Morgan fingerprint density at radius 1 is 1.30 bits per heavy atom. The molecule has 0 radical (unpaired) electrons. The van der Waals surface area contributed by atoms with Gasteiger partial charge in [-0.05, 0) is 64.9 Å². The molecule has 2 rings (SSSR count). The van der Waals surface area contributed by atoms with Gasteiger partial charge in [0.1, 0.15) is 5.82 Å². The standard InChI is InChI=1S/C17H18FIN2O2/c1-23-10-2-9-21(12-13-5-7-20-8-6-13)17(22)15-11-14(18)3-4-16(15)19/h3-8,11H,2,9-10,12H2,1H3. The lowest BCUT2D eigenvalue weighted by molar-refractivity contribution is 0.0722. The quantitative estimate of drug-likeness (QED) is 0.501. The second-order valence-corrected chi connectivity index (χ2v) is 6.21. The van der Waals surface area contributed by atoms with Crippen LogP contribution in [0.1, 0.15) is 22.3 Å².